The molecule has 1 saturated heterocycles. The third kappa shape index (κ3) is 3.72. The second kappa shape index (κ2) is 9.62. The first-order valence-corrected chi connectivity index (χ1v) is 11.8. The molecule has 35 heavy (non-hydrogen) atoms. The van der Waals surface area contributed by atoms with Crippen molar-refractivity contribution in [2.75, 3.05) is 31.7 Å². The van der Waals surface area contributed by atoms with Crippen molar-refractivity contribution in [3.05, 3.63) is 70.5 Å². The highest BCUT2D eigenvalue weighted by Gasteiger charge is 2.66. The van der Waals surface area contributed by atoms with E-state index in [4.69, 9.17) is 4.74 Å². The highest BCUT2D eigenvalue weighted by molar-refractivity contribution is 6.50. The number of carbonyl (C=O) groups excluding carboxylic acids is 3. The number of unbranched alkanes of at least 4 members (excludes halogenated alkanes) is 1. The van der Waals surface area contributed by atoms with Gasteiger partial charge < -0.3 is 19.6 Å². The van der Waals surface area contributed by atoms with E-state index in [-0.39, 0.29) is 17.7 Å². The Morgan fingerprint density at radius 1 is 1.09 bits per heavy atom. The topological polar surface area (TPSA) is 87.2 Å². The van der Waals surface area contributed by atoms with Gasteiger partial charge in [0.25, 0.3) is 17.6 Å². The highest BCUT2D eigenvalue weighted by Crippen LogP contribution is 2.53. The highest BCUT2D eigenvalue weighted by atomic mass is 19.1. The number of Topliss-reactive ketones (excluding diaryl/α,β-unsaturated/α-hetero) is 1. The lowest BCUT2D eigenvalue weighted by Crippen LogP contribution is -2.52. The molecular weight excluding hydrogens is 451 g/mol. The molecule has 1 spiro atoms. The van der Waals surface area contributed by atoms with Crippen molar-refractivity contribution in [3.8, 4) is 0 Å². The lowest BCUT2D eigenvalue weighted by Gasteiger charge is -2.34. The van der Waals surface area contributed by atoms with Crippen LogP contribution in [0.15, 0.2) is 48.0 Å². The number of amides is 2. The van der Waals surface area contributed by atoms with Crippen LogP contribution in [-0.2, 0) is 24.7 Å². The van der Waals surface area contributed by atoms with E-state index in [1.54, 1.807) is 36.1 Å². The van der Waals surface area contributed by atoms with Crippen LogP contribution < -0.4 is 4.90 Å². The lowest BCUT2D eigenvalue weighted by atomic mass is 9.81. The van der Waals surface area contributed by atoms with Crippen molar-refractivity contribution in [1.29, 1.82) is 0 Å². The number of likely N-dealkylation sites (tertiary alicyclic amines) is 1. The molecule has 0 saturated carbocycles. The summed E-state index contributed by atoms with van der Waals surface area (Å²) in [6.45, 7) is 4.37. The molecule has 0 aromatic heterocycles. The number of methoxy groups -OCH3 is 1. The Hall–Kier alpha value is -3.52. The summed E-state index contributed by atoms with van der Waals surface area (Å²) in [5, 5.41) is 11.4. The summed E-state index contributed by atoms with van der Waals surface area (Å²) < 4.78 is 19.5. The van der Waals surface area contributed by atoms with Crippen LogP contribution in [-0.4, -0.2) is 54.4 Å². The van der Waals surface area contributed by atoms with E-state index in [0.717, 1.165) is 18.9 Å². The first-order chi connectivity index (χ1) is 16.8. The molecule has 1 unspecified atom stereocenters. The molecule has 8 heteroatoms. The molecular formula is C27H29FN2O5. The van der Waals surface area contributed by atoms with E-state index in [9.17, 15) is 23.9 Å². The summed E-state index contributed by atoms with van der Waals surface area (Å²) >= 11 is 0. The Bertz CT molecular complexity index is 1220. The second-order valence-corrected chi connectivity index (χ2v) is 8.86. The first-order valence-electron chi connectivity index (χ1n) is 11.8. The van der Waals surface area contributed by atoms with Crippen LogP contribution in [0.3, 0.4) is 0 Å². The van der Waals surface area contributed by atoms with Gasteiger partial charge in [-0.25, -0.2) is 4.39 Å². The molecule has 1 atom stereocenters. The van der Waals surface area contributed by atoms with Crippen LogP contribution in [0, 0.1) is 12.7 Å². The second-order valence-electron chi connectivity index (χ2n) is 8.86. The van der Waals surface area contributed by atoms with Gasteiger partial charge in [-0.05, 0) is 37.5 Å². The zero-order valence-electron chi connectivity index (χ0n) is 20.1. The molecule has 0 radical (unpaired) electrons. The summed E-state index contributed by atoms with van der Waals surface area (Å²) in [5.41, 5.74) is -0.737. The molecule has 2 aromatic carbocycles. The van der Waals surface area contributed by atoms with Gasteiger partial charge in [0.05, 0.1) is 11.3 Å². The summed E-state index contributed by atoms with van der Waals surface area (Å²) in [6.07, 6.45) is 1.94. The summed E-state index contributed by atoms with van der Waals surface area (Å²) in [7, 11) is 1.53. The average Bonchev–Trinajstić information content (AvgIpc) is 3.22. The number of halogens is 1. The normalized spacial score (nSPS) is 20.9. The van der Waals surface area contributed by atoms with Crippen LogP contribution in [0.25, 0.3) is 5.76 Å². The van der Waals surface area contributed by atoms with Gasteiger partial charge >= 0.3 is 0 Å². The smallest absolute Gasteiger partial charge is 0.296 e. The van der Waals surface area contributed by atoms with E-state index in [1.165, 1.54) is 24.1 Å². The fourth-order valence-electron chi connectivity index (χ4n) is 4.96. The number of aliphatic hydroxyl groups is 1. The number of ketones is 1. The summed E-state index contributed by atoms with van der Waals surface area (Å²) in [5.74, 6) is -3.47. The third-order valence-corrected chi connectivity index (χ3v) is 6.72. The maximum atomic E-state index is 14.4. The maximum absolute atomic E-state index is 14.4. The fourth-order valence-corrected chi connectivity index (χ4v) is 4.96. The Morgan fingerprint density at radius 3 is 2.51 bits per heavy atom. The number of para-hydroxylation sites is 1. The van der Waals surface area contributed by atoms with E-state index >= 15 is 0 Å². The molecule has 2 aromatic rings. The van der Waals surface area contributed by atoms with Gasteiger partial charge in [-0.3, -0.25) is 14.4 Å². The van der Waals surface area contributed by atoms with Crippen LogP contribution in [0.1, 0.15) is 42.9 Å². The maximum Gasteiger partial charge on any atom is 0.296 e. The van der Waals surface area contributed by atoms with Gasteiger partial charge in [0.1, 0.15) is 11.6 Å². The molecule has 184 valence electrons. The van der Waals surface area contributed by atoms with Gasteiger partial charge in [0.15, 0.2) is 5.54 Å². The average molecular weight is 481 g/mol. The number of anilines is 1. The standard InChI is InChI=1S/C27H29FN2O5/c1-4-5-13-29-21-10-7-6-9-19(21)27(26(29)34)22(23(31)18-12-11-17(2)20(28)16-18)24(32)25(33)30(27)14-8-15-35-3/h6-7,9-12,16,31H,4-5,8,13-15H2,1-3H3/b23-22+. The number of rotatable bonds is 8. The van der Waals surface area contributed by atoms with Crippen LogP contribution in [0.5, 0.6) is 0 Å². The number of aryl methyl sites for hydroxylation is 1. The molecule has 2 amide bonds. The molecule has 4 rings (SSSR count). The first kappa shape index (κ1) is 24.6. The van der Waals surface area contributed by atoms with Crippen LogP contribution in [0.4, 0.5) is 10.1 Å². The predicted molar refractivity (Wildman–Crippen MR) is 129 cm³/mol. The summed E-state index contributed by atoms with van der Waals surface area (Å²) in [4.78, 5) is 43.8. The van der Waals surface area contributed by atoms with Gasteiger partial charge in [0, 0.05) is 37.9 Å². The predicted octanol–water partition coefficient (Wildman–Crippen LogP) is 3.89. The molecule has 2 aliphatic rings. The van der Waals surface area contributed by atoms with Gasteiger partial charge in [-0.2, -0.15) is 0 Å². The van der Waals surface area contributed by atoms with Crippen molar-refractivity contribution < 1.29 is 28.6 Å². The van der Waals surface area contributed by atoms with E-state index < -0.39 is 34.7 Å². The quantitative estimate of drug-likeness (QED) is 0.268. The van der Waals surface area contributed by atoms with Crippen molar-refractivity contribution in [3.63, 3.8) is 0 Å². The molecule has 2 aliphatic heterocycles. The van der Waals surface area contributed by atoms with Crippen molar-refractivity contribution in [2.24, 2.45) is 0 Å². The minimum absolute atomic E-state index is 0.0275. The zero-order chi connectivity index (χ0) is 25.3. The molecule has 1 fully saturated rings. The molecule has 7 nitrogen and oxygen atoms in total. The molecule has 1 N–H and O–H groups in total. The third-order valence-electron chi connectivity index (χ3n) is 6.72. The molecule has 0 bridgehead atoms. The Balaban J connectivity index is 2.01. The van der Waals surface area contributed by atoms with E-state index in [2.05, 4.69) is 0 Å². The van der Waals surface area contributed by atoms with Crippen LogP contribution in [0.2, 0.25) is 0 Å². The molecule has 2 heterocycles. The van der Waals surface area contributed by atoms with Crippen molar-refractivity contribution in [2.45, 2.75) is 38.6 Å². The minimum Gasteiger partial charge on any atom is -0.507 e. The molecule has 0 aliphatic carbocycles. The number of aliphatic hydroxyl groups excluding tert-OH is 1. The van der Waals surface area contributed by atoms with E-state index in [1.807, 2.05) is 6.92 Å². The minimum atomic E-state index is -1.84. The number of fused-ring (bicyclic) bond motifs is 2. The number of ether oxygens (including phenoxy) is 1. The Morgan fingerprint density at radius 2 is 1.83 bits per heavy atom. The Labute approximate surface area is 203 Å². The fraction of sp³-hybridized carbons (Fsp3) is 0.370. The monoisotopic (exact) mass is 480 g/mol. The van der Waals surface area contributed by atoms with Gasteiger partial charge in [-0.1, -0.05) is 43.7 Å². The van der Waals surface area contributed by atoms with Crippen molar-refractivity contribution >= 4 is 29.0 Å². The lowest BCUT2D eigenvalue weighted by molar-refractivity contribution is -0.143. The van der Waals surface area contributed by atoms with E-state index in [0.29, 0.717) is 36.4 Å². The number of hydrogen-bond acceptors (Lipinski definition) is 5. The Kier molecular flexibility index (Phi) is 6.76. The number of nitrogens with zero attached hydrogens (tertiary/aromatic N) is 2. The summed E-state index contributed by atoms with van der Waals surface area (Å²) in [6, 6.07) is 11.1. The zero-order valence-corrected chi connectivity index (χ0v) is 20.1. The van der Waals surface area contributed by atoms with Gasteiger partial charge in [-0.15, -0.1) is 0 Å². The number of carbonyl (C=O) groups is 3. The van der Waals surface area contributed by atoms with Crippen molar-refractivity contribution in [1.82, 2.24) is 4.90 Å². The van der Waals surface area contributed by atoms with Gasteiger partial charge in [0.2, 0.25) is 0 Å². The SMILES string of the molecule is CCCCN1C(=O)C2(/C(=C(/O)c3ccc(C)c(F)c3)C(=O)C(=O)N2CCCOC)c2ccccc21. The van der Waals surface area contributed by atoms with Crippen LogP contribution >= 0.6 is 0 Å². The largest absolute Gasteiger partial charge is 0.507 e. The number of benzene rings is 2. The number of hydrogen-bond donors (Lipinski definition) is 1.